The van der Waals surface area contributed by atoms with E-state index in [2.05, 4.69) is 12.2 Å². The summed E-state index contributed by atoms with van der Waals surface area (Å²) in [6, 6.07) is 4.87. The number of benzene rings is 1. The van der Waals surface area contributed by atoms with Gasteiger partial charge in [-0.3, -0.25) is 9.59 Å². The molecule has 1 atom stereocenters. The molecule has 0 unspecified atom stereocenters. The van der Waals surface area contributed by atoms with Crippen molar-refractivity contribution in [3.63, 3.8) is 0 Å². The van der Waals surface area contributed by atoms with E-state index in [9.17, 15) is 9.59 Å². The number of primary amides is 1. The number of amides is 2. The van der Waals surface area contributed by atoms with Gasteiger partial charge in [0.15, 0.2) is 0 Å². The lowest BCUT2D eigenvalue weighted by Gasteiger charge is -2.20. The molecule has 25 heavy (non-hydrogen) atoms. The number of anilines is 1. The summed E-state index contributed by atoms with van der Waals surface area (Å²) >= 11 is 13.6. The number of nitrogens with one attached hydrogen (secondary N) is 1. The van der Waals surface area contributed by atoms with Crippen LogP contribution in [-0.2, 0) is 12.8 Å². The minimum atomic E-state index is -0.520. The molecular weight excluding hydrogens is 379 g/mol. The Hall–Kier alpha value is -1.56. The third-order valence-corrected chi connectivity index (χ3v) is 6.41. The summed E-state index contributed by atoms with van der Waals surface area (Å²) in [7, 11) is 0. The lowest BCUT2D eigenvalue weighted by Crippen LogP contribution is -2.20. The molecule has 3 N–H and O–H groups in total. The van der Waals surface area contributed by atoms with Crippen LogP contribution >= 0.6 is 34.5 Å². The normalized spacial score (nSPS) is 16.4. The molecule has 1 heterocycles. The van der Waals surface area contributed by atoms with Gasteiger partial charge in [0.1, 0.15) is 5.00 Å². The molecule has 0 spiro atoms. The van der Waals surface area contributed by atoms with Crippen molar-refractivity contribution in [2.24, 2.45) is 11.7 Å². The molecule has 1 aliphatic carbocycles. The molecule has 0 aliphatic heterocycles. The molecule has 3 rings (SSSR count). The molecule has 0 fully saturated rings. The van der Waals surface area contributed by atoms with Crippen LogP contribution in [0.15, 0.2) is 18.2 Å². The maximum Gasteiger partial charge on any atom is 0.259 e. The van der Waals surface area contributed by atoms with Crippen molar-refractivity contribution in [1.29, 1.82) is 0 Å². The number of fused-ring (bicyclic) bond motifs is 1. The quantitative estimate of drug-likeness (QED) is 0.769. The Kier molecular flexibility index (Phi) is 5.37. The van der Waals surface area contributed by atoms with Crippen molar-refractivity contribution in [2.75, 3.05) is 5.32 Å². The molecule has 0 saturated heterocycles. The van der Waals surface area contributed by atoms with Crippen molar-refractivity contribution in [3.05, 3.63) is 49.8 Å². The maximum absolute atomic E-state index is 12.6. The number of carbonyl (C=O) groups excluding carboxylic acids is 2. The molecule has 7 heteroatoms. The molecule has 1 aromatic carbocycles. The Labute approximate surface area is 160 Å². The second-order valence-electron chi connectivity index (χ2n) is 6.14. The molecule has 2 aromatic rings. The average molecular weight is 397 g/mol. The average Bonchev–Trinajstić information content (AvgIpc) is 2.91. The lowest BCUT2D eigenvalue weighted by atomic mass is 9.85. The summed E-state index contributed by atoms with van der Waals surface area (Å²) in [5.74, 6) is -0.356. The van der Waals surface area contributed by atoms with E-state index in [1.807, 2.05) is 0 Å². The molecule has 0 saturated carbocycles. The molecule has 132 valence electrons. The van der Waals surface area contributed by atoms with E-state index in [-0.39, 0.29) is 15.6 Å². The van der Waals surface area contributed by atoms with Gasteiger partial charge in [0, 0.05) is 4.88 Å². The summed E-state index contributed by atoms with van der Waals surface area (Å²) < 4.78 is 0. The number of halogens is 2. The zero-order valence-corrected chi connectivity index (χ0v) is 16.0. The van der Waals surface area contributed by atoms with Crippen LogP contribution in [0.5, 0.6) is 0 Å². The minimum absolute atomic E-state index is 0.194. The van der Waals surface area contributed by atoms with Gasteiger partial charge in [-0.15, -0.1) is 11.3 Å². The molecule has 0 bridgehead atoms. The van der Waals surface area contributed by atoms with E-state index >= 15 is 0 Å². The minimum Gasteiger partial charge on any atom is -0.365 e. The molecular formula is C18H18Cl2N2O2S. The number of hydrogen-bond donors (Lipinski definition) is 2. The highest BCUT2D eigenvalue weighted by Crippen LogP contribution is 2.40. The fourth-order valence-corrected chi connectivity index (χ4v) is 5.16. The van der Waals surface area contributed by atoms with Crippen LogP contribution in [0.3, 0.4) is 0 Å². The molecule has 4 nitrogen and oxygen atoms in total. The number of rotatable bonds is 4. The van der Waals surface area contributed by atoms with Gasteiger partial charge in [0.2, 0.25) is 0 Å². The Balaban J connectivity index is 1.96. The molecule has 1 aliphatic rings. The van der Waals surface area contributed by atoms with Gasteiger partial charge in [-0.25, -0.2) is 0 Å². The zero-order valence-electron chi connectivity index (χ0n) is 13.7. The van der Waals surface area contributed by atoms with Crippen LogP contribution in [0.1, 0.15) is 50.9 Å². The van der Waals surface area contributed by atoms with E-state index in [0.717, 1.165) is 36.1 Å². The highest BCUT2D eigenvalue weighted by Gasteiger charge is 2.28. The molecule has 0 radical (unpaired) electrons. The van der Waals surface area contributed by atoms with Crippen LogP contribution in [0.25, 0.3) is 0 Å². The zero-order chi connectivity index (χ0) is 18.1. The predicted molar refractivity (Wildman–Crippen MR) is 103 cm³/mol. The summed E-state index contributed by atoms with van der Waals surface area (Å²) in [6.07, 6.45) is 3.86. The molecule has 1 aromatic heterocycles. The van der Waals surface area contributed by atoms with Crippen LogP contribution in [0, 0.1) is 5.92 Å². The first-order valence-corrected chi connectivity index (χ1v) is 9.69. The predicted octanol–water partition coefficient (Wildman–Crippen LogP) is 4.92. The lowest BCUT2D eigenvalue weighted by molar-refractivity contribution is 0.1000. The Morgan fingerprint density at radius 2 is 1.96 bits per heavy atom. The second kappa shape index (κ2) is 7.36. The van der Waals surface area contributed by atoms with Crippen molar-refractivity contribution >= 4 is 51.4 Å². The van der Waals surface area contributed by atoms with Gasteiger partial charge in [-0.1, -0.05) is 42.6 Å². The number of thiophene rings is 1. The van der Waals surface area contributed by atoms with Crippen LogP contribution in [0.2, 0.25) is 10.0 Å². The van der Waals surface area contributed by atoms with Gasteiger partial charge < -0.3 is 11.1 Å². The van der Waals surface area contributed by atoms with Crippen molar-refractivity contribution in [3.8, 4) is 0 Å². The largest absolute Gasteiger partial charge is 0.365 e. The maximum atomic E-state index is 12.6. The van der Waals surface area contributed by atoms with E-state index in [4.69, 9.17) is 28.9 Å². The first-order valence-electron chi connectivity index (χ1n) is 8.12. The fraction of sp³-hybridized carbons (Fsp3) is 0.333. The van der Waals surface area contributed by atoms with E-state index in [1.165, 1.54) is 11.3 Å². The topological polar surface area (TPSA) is 72.2 Å². The third kappa shape index (κ3) is 3.54. The van der Waals surface area contributed by atoms with E-state index < -0.39 is 11.8 Å². The van der Waals surface area contributed by atoms with Crippen LogP contribution in [0.4, 0.5) is 5.00 Å². The third-order valence-electron chi connectivity index (χ3n) is 4.61. The highest BCUT2D eigenvalue weighted by molar-refractivity contribution is 7.17. The first kappa shape index (κ1) is 18.2. The Bertz CT molecular complexity index is 828. The summed E-state index contributed by atoms with van der Waals surface area (Å²) in [6.45, 7) is 2.17. The summed E-state index contributed by atoms with van der Waals surface area (Å²) in [5, 5.41) is 3.80. The monoisotopic (exact) mass is 396 g/mol. The van der Waals surface area contributed by atoms with Crippen LogP contribution < -0.4 is 11.1 Å². The van der Waals surface area contributed by atoms with E-state index in [0.29, 0.717) is 16.5 Å². The first-order chi connectivity index (χ1) is 11.9. The Morgan fingerprint density at radius 3 is 2.56 bits per heavy atom. The van der Waals surface area contributed by atoms with Gasteiger partial charge in [0.05, 0.1) is 21.2 Å². The van der Waals surface area contributed by atoms with Gasteiger partial charge in [0.25, 0.3) is 11.8 Å². The van der Waals surface area contributed by atoms with Gasteiger partial charge in [-0.05, 0) is 42.9 Å². The smallest absolute Gasteiger partial charge is 0.259 e. The van der Waals surface area contributed by atoms with Crippen molar-refractivity contribution in [2.45, 2.75) is 32.6 Å². The SMILES string of the molecule is CC[C@H]1CCc2c(sc(NC(=O)c3c(Cl)cccc3Cl)c2C(N)=O)C1. The summed E-state index contributed by atoms with van der Waals surface area (Å²) in [4.78, 5) is 25.8. The van der Waals surface area contributed by atoms with Crippen molar-refractivity contribution in [1.82, 2.24) is 0 Å². The standard InChI is InChI=1S/C18H18Cl2N2O2S/c1-2-9-6-7-10-13(8-9)25-18(14(10)16(21)23)22-17(24)15-11(19)4-3-5-12(15)20/h3-5,9H,2,6-8H2,1H3,(H2,21,23)(H,22,24)/t9-/m0/s1. The highest BCUT2D eigenvalue weighted by atomic mass is 35.5. The summed E-state index contributed by atoms with van der Waals surface area (Å²) in [5.41, 5.74) is 7.18. The van der Waals surface area contributed by atoms with Gasteiger partial charge >= 0.3 is 0 Å². The van der Waals surface area contributed by atoms with Crippen LogP contribution in [-0.4, -0.2) is 11.8 Å². The number of hydrogen-bond acceptors (Lipinski definition) is 3. The second-order valence-corrected chi connectivity index (χ2v) is 8.06. The van der Waals surface area contributed by atoms with Gasteiger partial charge in [-0.2, -0.15) is 0 Å². The number of nitrogens with two attached hydrogens (primary N) is 1. The fourth-order valence-electron chi connectivity index (χ4n) is 3.23. The van der Waals surface area contributed by atoms with Crippen molar-refractivity contribution < 1.29 is 9.59 Å². The number of carbonyl (C=O) groups is 2. The van der Waals surface area contributed by atoms with E-state index in [1.54, 1.807) is 18.2 Å². The molecule has 2 amide bonds. The Morgan fingerprint density at radius 1 is 1.28 bits per heavy atom.